The van der Waals surface area contributed by atoms with Crippen LogP contribution in [0.1, 0.15) is 13.3 Å². The molecule has 0 spiro atoms. The van der Waals surface area contributed by atoms with Crippen LogP contribution in [-0.4, -0.2) is 43.4 Å². The van der Waals surface area contributed by atoms with Gasteiger partial charge < -0.3 is 10.2 Å². The minimum absolute atomic E-state index is 0.00722. The van der Waals surface area contributed by atoms with Crippen molar-refractivity contribution in [3.8, 4) is 0 Å². The van der Waals surface area contributed by atoms with Crippen molar-refractivity contribution in [3.05, 3.63) is 29.3 Å². The number of benzene rings is 1. The van der Waals surface area contributed by atoms with Crippen LogP contribution < -0.4 is 5.32 Å². The molecule has 1 aliphatic heterocycles. The number of carbonyl (C=O) groups excluding carboxylic acids is 1. The molecule has 1 atom stereocenters. The van der Waals surface area contributed by atoms with Crippen LogP contribution >= 0.6 is 11.6 Å². The average Bonchev–Trinajstić information content (AvgIpc) is 2.52. The van der Waals surface area contributed by atoms with Gasteiger partial charge >= 0.3 is 6.03 Å². The van der Waals surface area contributed by atoms with E-state index in [1.807, 2.05) is 6.92 Å². The first kappa shape index (κ1) is 15.1. The molecule has 2 rings (SSSR count). The van der Waals surface area contributed by atoms with Gasteiger partial charge in [-0.3, -0.25) is 0 Å². The third-order valence-electron chi connectivity index (χ3n) is 3.40. The van der Waals surface area contributed by atoms with Crippen LogP contribution in [-0.2, 0) is 9.84 Å². The van der Waals surface area contributed by atoms with Crippen LogP contribution in [0.5, 0.6) is 0 Å². The molecule has 1 unspecified atom stereocenters. The van der Waals surface area contributed by atoms with Gasteiger partial charge in [-0.25, -0.2) is 13.2 Å². The van der Waals surface area contributed by atoms with Gasteiger partial charge in [0.15, 0.2) is 9.84 Å². The predicted molar refractivity (Wildman–Crippen MR) is 79.9 cm³/mol. The number of halogens is 1. The van der Waals surface area contributed by atoms with Gasteiger partial charge in [0, 0.05) is 12.6 Å². The Hall–Kier alpha value is -1.27. The summed E-state index contributed by atoms with van der Waals surface area (Å²) in [5.74, 6) is 0.136. The highest BCUT2D eigenvalue weighted by atomic mass is 35.5. The van der Waals surface area contributed by atoms with Crippen LogP contribution in [0, 0.1) is 0 Å². The number of hydrogen-bond acceptors (Lipinski definition) is 3. The maximum absolute atomic E-state index is 12.3. The van der Waals surface area contributed by atoms with Crippen LogP contribution in [0.15, 0.2) is 24.3 Å². The Morgan fingerprint density at radius 1 is 1.35 bits per heavy atom. The molecule has 5 nitrogen and oxygen atoms in total. The molecule has 1 saturated heterocycles. The summed E-state index contributed by atoms with van der Waals surface area (Å²) in [6.07, 6.45) is 0.457. The van der Waals surface area contributed by atoms with Crippen molar-refractivity contribution in [1.82, 2.24) is 4.90 Å². The molecule has 20 heavy (non-hydrogen) atoms. The van der Waals surface area contributed by atoms with Gasteiger partial charge in [-0.1, -0.05) is 23.7 Å². The lowest BCUT2D eigenvalue weighted by atomic mass is 10.2. The fraction of sp³-hybridized carbons (Fsp3) is 0.462. The number of rotatable bonds is 1. The summed E-state index contributed by atoms with van der Waals surface area (Å²) in [7, 11) is -3.05. The third kappa shape index (κ3) is 3.64. The Balaban J connectivity index is 2.10. The molecule has 1 N–H and O–H groups in total. The lowest BCUT2D eigenvalue weighted by Crippen LogP contribution is -2.42. The van der Waals surface area contributed by atoms with Crippen molar-refractivity contribution in [2.45, 2.75) is 19.4 Å². The van der Waals surface area contributed by atoms with Crippen LogP contribution in [0.25, 0.3) is 0 Å². The second kappa shape index (κ2) is 6.01. The van der Waals surface area contributed by atoms with Crippen molar-refractivity contribution < 1.29 is 13.2 Å². The summed E-state index contributed by atoms with van der Waals surface area (Å²) in [5.41, 5.74) is 0.526. The number of nitrogens with one attached hydrogen (secondary N) is 1. The molecule has 1 heterocycles. The summed E-state index contributed by atoms with van der Waals surface area (Å²) in [6.45, 7) is 2.06. The van der Waals surface area contributed by atoms with E-state index in [2.05, 4.69) is 5.32 Å². The Labute approximate surface area is 123 Å². The predicted octanol–water partition coefficient (Wildman–Crippen LogP) is 2.38. The normalized spacial score (nSPS) is 22.1. The van der Waals surface area contributed by atoms with E-state index >= 15 is 0 Å². The van der Waals surface area contributed by atoms with E-state index in [-0.39, 0.29) is 30.1 Å². The maximum atomic E-state index is 12.3. The van der Waals surface area contributed by atoms with E-state index in [0.29, 0.717) is 17.1 Å². The fourth-order valence-corrected chi connectivity index (χ4v) is 3.68. The van der Waals surface area contributed by atoms with Gasteiger partial charge in [-0.05, 0) is 25.5 Å². The van der Waals surface area contributed by atoms with Gasteiger partial charge in [-0.15, -0.1) is 0 Å². The second-order valence-electron chi connectivity index (χ2n) is 4.89. The zero-order valence-corrected chi connectivity index (χ0v) is 12.7. The van der Waals surface area contributed by atoms with Crippen molar-refractivity contribution in [2.75, 3.05) is 23.4 Å². The summed E-state index contributed by atoms with van der Waals surface area (Å²) >= 11 is 5.99. The quantitative estimate of drug-likeness (QED) is 0.865. The molecule has 7 heteroatoms. The van der Waals surface area contributed by atoms with E-state index in [1.54, 1.807) is 29.2 Å². The molecular weight excluding hydrogens is 300 g/mol. The highest BCUT2D eigenvalue weighted by Gasteiger charge is 2.27. The smallest absolute Gasteiger partial charge is 0.321 e. The zero-order valence-electron chi connectivity index (χ0n) is 11.2. The summed E-state index contributed by atoms with van der Waals surface area (Å²) in [6, 6.07) is 6.52. The number of nitrogens with zero attached hydrogens (tertiary/aromatic N) is 1. The third-order valence-corrected chi connectivity index (χ3v) is 5.39. The summed E-state index contributed by atoms with van der Waals surface area (Å²) in [5, 5.41) is 3.18. The van der Waals surface area contributed by atoms with E-state index < -0.39 is 9.84 Å². The van der Waals surface area contributed by atoms with Crippen LogP contribution in [0.4, 0.5) is 10.5 Å². The van der Waals surface area contributed by atoms with E-state index in [0.717, 1.165) is 0 Å². The highest BCUT2D eigenvalue weighted by molar-refractivity contribution is 7.91. The van der Waals surface area contributed by atoms with Crippen LogP contribution in [0.2, 0.25) is 5.02 Å². The molecule has 0 aromatic heterocycles. The van der Waals surface area contributed by atoms with E-state index in [1.165, 1.54) is 0 Å². The lowest BCUT2D eigenvalue weighted by molar-refractivity contribution is 0.197. The monoisotopic (exact) mass is 316 g/mol. The van der Waals surface area contributed by atoms with E-state index in [9.17, 15) is 13.2 Å². The van der Waals surface area contributed by atoms with Gasteiger partial charge in [-0.2, -0.15) is 0 Å². The van der Waals surface area contributed by atoms with Gasteiger partial charge in [0.25, 0.3) is 0 Å². The number of amides is 2. The lowest BCUT2D eigenvalue weighted by Gasteiger charge is -2.26. The molecule has 0 bridgehead atoms. The minimum atomic E-state index is -3.05. The first-order valence-corrected chi connectivity index (χ1v) is 8.61. The molecular formula is C13H17ClN2O3S. The summed E-state index contributed by atoms with van der Waals surface area (Å²) < 4.78 is 23.2. The highest BCUT2D eigenvalue weighted by Crippen LogP contribution is 2.22. The molecule has 0 radical (unpaired) electrons. The molecule has 0 aliphatic carbocycles. The van der Waals surface area contributed by atoms with Crippen molar-refractivity contribution >= 4 is 33.2 Å². The molecule has 110 valence electrons. The Morgan fingerprint density at radius 3 is 2.75 bits per heavy atom. The average molecular weight is 317 g/mol. The van der Waals surface area contributed by atoms with Gasteiger partial charge in [0.2, 0.25) is 0 Å². The number of hydrogen-bond donors (Lipinski definition) is 1. The Kier molecular flexibility index (Phi) is 4.55. The molecule has 1 aromatic rings. The summed E-state index contributed by atoms with van der Waals surface area (Å²) in [4.78, 5) is 13.8. The topological polar surface area (TPSA) is 66.5 Å². The van der Waals surface area contributed by atoms with Gasteiger partial charge in [0.1, 0.15) is 0 Å². The van der Waals surface area contributed by atoms with Crippen LogP contribution in [0.3, 0.4) is 0 Å². The fourth-order valence-electron chi connectivity index (χ4n) is 2.12. The Bertz CT molecular complexity index is 603. The first-order valence-electron chi connectivity index (χ1n) is 6.41. The molecule has 2 amide bonds. The maximum Gasteiger partial charge on any atom is 0.322 e. The van der Waals surface area contributed by atoms with Crippen molar-refractivity contribution in [1.29, 1.82) is 0 Å². The number of sulfone groups is 1. The van der Waals surface area contributed by atoms with Gasteiger partial charge in [0.05, 0.1) is 22.2 Å². The zero-order chi connectivity index (χ0) is 14.8. The van der Waals surface area contributed by atoms with E-state index in [4.69, 9.17) is 11.6 Å². The number of para-hydroxylation sites is 1. The Morgan fingerprint density at radius 2 is 2.05 bits per heavy atom. The molecule has 1 fully saturated rings. The molecule has 1 aliphatic rings. The SMILES string of the molecule is CC1CCS(=O)(=O)CCN1C(=O)Nc1ccccc1Cl. The largest absolute Gasteiger partial charge is 0.322 e. The van der Waals surface area contributed by atoms with Crippen molar-refractivity contribution in [3.63, 3.8) is 0 Å². The number of urea groups is 1. The minimum Gasteiger partial charge on any atom is -0.321 e. The standard InChI is InChI=1S/C13H17ClN2O3S/c1-10-6-8-20(18,19)9-7-16(10)13(17)15-12-5-3-2-4-11(12)14/h2-5,10H,6-9H2,1H3,(H,15,17). The van der Waals surface area contributed by atoms with Crippen molar-refractivity contribution in [2.24, 2.45) is 0 Å². The molecule has 1 aromatic carbocycles. The number of carbonyl (C=O) groups is 1. The number of anilines is 1. The second-order valence-corrected chi connectivity index (χ2v) is 7.60. The first-order chi connectivity index (χ1) is 9.39. The molecule has 0 saturated carbocycles.